The van der Waals surface area contributed by atoms with Gasteiger partial charge in [0.25, 0.3) is 0 Å². The predicted octanol–water partition coefficient (Wildman–Crippen LogP) is 2.84. The Morgan fingerprint density at radius 2 is 2.13 bits per heavy atom. The monoisotopic (exact) mass is 245 g/mol. The van der Waals surface area contributed by atoms with Crippen molar-refractivity contribution in [1.29, 1.82) is 0 Å². The standard InChI is InChI=1S/C9H6Cl2FN3/c10-7-4-6(12)2-1-5(7)3-8-13-9(11)15-14-8/h1-2,4H,3H2,(H,13,14,15). The lowest BCUT2D eigenvalue weighted by atomic mass is 10.1. The highest BCUT2D eigenvalue weighted by molar-refractivity contribution is 6.31. The molecule has 78 valence electrons. The highest BCUT2D eigenvalue weighted by atomic mass is 35.5. The van der Waals surface area contributed by atoms with Crippen LogP contribution in [-0.4, -0.2) is 15.2 Å². The minimum Gasteiger partial charge on any atom is -0.261 e. The van der Waals surface area contributed by atoms with Gasteiger partial charge in [0.1, 0.15) is 11.6 Å². The minimum atomic E-state index is -0.362. The first-order valence-corrected chi connectivity index (χ1v) is 4.91. The normalized spacial score (nSPS) is 10.6. The van der Waals surface area contributed by atoms with Gasteiger partial charge in [0, 0.05) is 11.4 Å². The van der Waals surface area contributed by atoms with Crippen molar-refractivity contribution in [2.45, 2.75) is 6.42 Å². The van der Waals surface area contributed by atoms with Crippen LogP contribution in [0, 0.1) is 5.82 Å². The van der Waals surface area contributed by atoms with Gasteiger partial charge in [-0.05, 0) is 29.3 Å². The number of nitrogens with one attached hydrogen (secondary N) is 1. The van der Waals surface area contributed by atoms with E-state index < -0.39 is 0 Å². The Morgan fingerprint density at radius 3 is 2.73 bits per heavy atom. The van der Waals surface area contributed by atoms with Crippen LogP contribution in [0.2, 0.25) is 10.3 Å². The fourth-order valence-electron chi connectivity index (χ4n) is 1.20. The quantitative estimate of drug-likeness (QED) is 0.885. The molecule has 0 radical (unpaired) electrons. The number of halogens is 3. The maximum atomic E-state index is 12.7. The first-order valence-electron chi connectivity index (χ1n) is 4.16. The van der Waals surface area contributed by atoms with Crippen LogP contribution in [0.15, 0.2) is 18.2 Å². The van der Waals surface area contributed by atoms with Crippen LogP contribution < -0.4 is 0 Å². The summed E-state index contributed by atoms with van der Waals surface area (Å²) in [5, 5.41) is 6.84. The number of rotatable bonds is 2. The second-order valence-corrected chi connectivity index (χ2v) is 3.71. The number of nitrogens with zero attached hydrogens (tertiary/aromatic N) is 2. The number of hydrogen-bond donors (Lipinski definition) is 1. The van der Waals surface area contributed by atoms with Crippen LogP contribution in [-0.2, 0) is 6.42 Å². The van der Waals surface area contributed by atoms with E-state index in [2.05, 4.69) is 15.2 Å². The summed E-state index contributed by atoms with van der Waals surface area (Å²) in [5.41, 5.74) is 0.769. The Hall–Kier alpha value is -1.13. The zero-order chi connectivity index (χ0) is 10.8. The summed E-state index contributed by atoms with van der Waals surface area (Å²) in [6, 6.07) is 4.21. The van der Waals surface area contributed by atoms with Crippen molar-refractivity contribution in [2.75, 3.05) is 0 Å². The van der Waals surface area contributed by atoms with Crippen LogP contribution in [0.4, 0.5) is 4.39 Å². The molecule has 0 unspecified atom stereocenters. The maximum Gasteiger partial charge on any atom is 0.242 e. The summed E-state index contributed by atoms with van der Waals surface area (Å²) in [4.78, 5) is 3.92. The molecule has 1 aromatic heterocycles. The van der Waals surface area contributed by atoms with Gasteiger partial charge < -0.3 is 0 Å². The topological polar surface area (TPSA) is 41.6 Å². The molecule has 0 atom stereocenters. The van der Waals surface area contributed by atoms with Gasteiger partial charge in [-0.1, -0.05) is 17.7 Å². The van der Waals surface area contributed by atoms with Gasteiger partial charge in [0.2, 0.25) is 5.28 Å². The number of aromatic amines is 1. The molecule has 0 saturated heterocycles. The van der Waals surface area contributed by atoms with E-state index in [-0.39, 0.29) is 11.1 Å². The van der Waals surface area contributed by atoms with E-state index in [1.807, 2.05) is 0 Å². The molecule has 0 aliphatic carbocycles. The minimum absolute atomic E-state index is 0.156. The van der Waals surface area contributed by atoms with Crippen LogP contribution in [0.25, 0.3) is 0 Å². The second kappa shape index (κ2) is 4.16. The first-order chi connectivity index (χ1) is 7.15. The lowest BCUT2D eigenvalue weighted by Gasteiger charge is -2.00. The average Bonchev–Trinajstić information content (AvgIpc) is 2.56. The SMILES string of the molecule is Fc1ccc(Cc2nc(Cl)n[nH]2)c(Cl)c1. The third-order valence-electron chi connectivity index (χ3n) is 1.88. The zero-order valence-electron chi connectivity index (χ0n) is 7.47. The summed E-state index contributed by atoms with van der Waals surface area (Å²) in [7, 11) is 0. The van der Waals surface area contributed by atoms with Crippen molar-refractivity contribution in [3.8, 4) is 0 Å². The van der Waals surface area contributed by atoms with E-state index in [4.69, 9.17) is 23.2 Å². The van der Waals surface area contributed by atoms with Crippen LogP contribution in [0.1, 0.15) is 11.4 Å². The highest BCUT2D eigenvalue weighted by Gasteiger charge is 2.06. The van der Waals surface area contributed by atoms with Crippen molar-refractivity contribution in [3.63, 3.8) is 0 Å². The molecule has 3 nitrogen and oxygen atoms in total. The van der Waals surface area contributed by atoms with E-state index in [1.54, 1.807) is 6.07 Å². The van der Waals surface area contributed by atoms with Crippen LogP contribution in [0.3, 0.4) is 0 Å². The van der Waals surface area contributed by atoms with Gasteiger partial charge >= 0.3 is 0 Å². The molecule has 0 aliphatic rings. The summed E-state index contributed by atoms with van der Waals surface area (Å²) in [6.45, 7) is 0. The molecule has 2 rings (SSSR count). The Morgan fingerprint density at radius 1 is 1.33 bits per heavy atom. The first kappa shape index (κ1) is 10.4. The molecule has 2 aromatic rings. The molecule has 0 amide bonds. The van der Waals surface area contributed by atoms with Crippen molar-refractivity contribution >= 4 is 23.2 Å². The van der Waals surface area contributed by atoms with Crippen LogP contribution >= 0.6 is 23.2 Å². The summed E-state index contributed by atoms with van der Waals surface area (Å²) < 4.78 is 12.7. The van der Waals surface area contributed by atoms with Gasteiger partial charge in [-0.25, -0.2) is 9.37 Å². The fourth-order valence-corrected chi connectivity index (χ4v) is 1.57. The molecule has 1 N–H and O–H groups in total. The van der Waals surface area contributed by atoms with Crippen molar-refractivity contribution in [2.24, 2.45) is 0 Å². The molecule has 0 fully saturated rings. The fraction of sp³-hybridized carbons (Fsp3) is 0.111. The van der Waals surface area contributed by atoms with Gasteiger partial charge in [-0.2, -0.15) is 0 Å². The van der Waals surface area contributed by atoms with Gasteiger partial charge in [-0.15, -0.1) is 5.10 Å². The number of hydrogen-bond acceptors (Lipinski definition) is 2. The van der Waals surface area contributed by atoms with E-state index >= 15 is 0 Å². The van der Waals surface area contributed by atoms with Gasteiger partial charge in [-0.3, -0.25) is 5.10 Å². The van der Waals surface area contributed by atoms with Crippen molar-refractivity contribution in [3.05, 3.63) is 45.7 Å². The molecule has 0 spiro atoms. The zero-order valence-corrected chi connectivity index (χ0v) is 8.98. The molecule has 6 heteroatoms. The molecule has 0 bridgehead atoms. The summed E-state index contributed by atoms with van der Waals surface area (Å²) >= 11 is 11.4. The van der Waals surface area contributed by atoms with Gasteiger partial charge in [0.15, 0.2) is 0 Å². The third-order valence-corrected chi connectivity index (χ3v) is 2.40. The molecule has 1 heterocycles. The molecular weight excluding hydrogens is 240 g/mol. The van der Waals surface area contributed by atoms with Crippen molar-refractivity contribution in [1.82, 2.24) is 15.2 Å². The Balaban J connectivity index is 2.24. The van der Waals surface area contributed by atoms with E-state index in [9.17, 15) is 4.39 Å². The Labute approximate surface area is 95.2 Å². The molecular formula is C9H6Cl2FN3. The van der Waals surface area contributed by atoms with Crippen molar-refractivity contribution < 1.29 is 4.39 Å². The van der Waals surface area contributed by atoms with Crippen LogP contribution in [0.5, 0.6) is 0 Å². The van der Waals surface area contributed by atoms with E-state index in [0.29, 0.717) is 17.3 Å². The Bertz CT molecular complexity index is 484. The lowest BCUT2D eigenvalue weighted by Crippen LogP contribution is -1.92. The van der Waals surface area contributed by atoms with E-state index in [0.717, 1.165) is 5.56 Å². The molecule has 1 aromatic carbocycles. The molecule has 0 saturated carbocycles. The second-order valence-electron chi connectivity index (χ2n) is 2.96. The predicted molar refractivity (Wildman–Crippen MR) is 55.6 cm³/mol. The smallest absolute Gasteiger partial charge is 0.242 e. The number of aromatic nitrogens is 3. The Kier molecular flexibility index (Phi) is 2.88. The largest absolute Gasteiger partial charge is 0.261 e. The van der Waals surface area contributed by atoms with Gasteiger partial charge in [0.05, 0.1) is 0 Å². The maximum absolute atomic E-state index is 12.7. The molecule has 15 heavy (non-hydrogen) atoms. The number of benzene rings is 1. The number of H-pyrrole nitrogens is 1. The molecule has 0 aliphatic heterocycles. The van der Waals surface area contributed by atoms with E-state index in [1.165, 1.54) is 12.1 Å². The third kappa shape index (κ3) is 2.46. The average molecular weight is 246 g/mol. The lowest BCUT2D eigenvalue weighted by molar-refractivity contribution is 0.627. The summed E-state index contributed by atoms with van der Waals surface area (Å²) in [6.07, 6.45) is 0.443. The highest BCUT2D eigenvalue weighted by Crippen LogP contribution is 2.19. The summed E-state index contributed by atoms with van der Waals surface area (Å²) in [5.74, 6) is 0.230.